The van der Waals surface area contributed by atoms with E-state index < -0.39 is 5.54 Å². The molecule has 1 atom stereocenters. The van der Waals surface area contributed by atoms with E-state index in [-0.39, 0.29) is 12.6 Å². The zero-order valence-electron chi connectivity index (χ0n) is 13.9. The van der Waals surface area contributed by atoms with Gasteiger partial charge in [-0.15, -0.1) is 0 Å². The second-order valence-corrected chi connectivity index (χ2v) is 5.82. The number of esters is 1. The van der Waals surface area contributed by atoms with E-state index in [0.29, 0.717) is 12.5 Å². The Morgan fingerprint density at radius 3 is 2.52 bits per heavy atom. The number of likely N-dealkylation sites (N-methyl/N-ethyl adjacent to an activating group) is 1. The van der Waals surface area contributed by atoms with E-state index in [9.17, 15) is 4.79 Å². The van der Waals surface area contributed by atoms with E-state index in [1.807, 2.05) is 19.1 Å². The molecule has 0 aliphatic carbocycles. The van der Waals surface area contributed by atoms with Crippen molar-refractivity contribution in [1.29, 1.82) is 0 Å². The molecule has 0 aliphatic heterocycles. The molecule has 1 rings (SSSR count). The summed E-state index contributed by atoms with van der Waals surface area (Å²) < 4.78 is 10.6. The van der Waals surface area contributed by atoms with Gasteiger partial charge in [-0.05, 0) is 49.6 Å². The smallest absolute Gasteiger partial charge is 0.329 e. The molecule has 0 aliphatic rings. The zero-order chi connectivity index (χ0) is 16.0. The number of hydrogen-bond donors (Lipinski definition) is 1. The van der Waals surface area contributed by atoms with Crippen LogP contribution in [0, 0.1) is 6.92 Å². The van der Waals surface area contributed by atoms with Gasteiger partial charge >= 0.3 is 5.97 Å². The lowest BCUT2D eigenvalue weighted by Gasteiger charge is -2.27. The van der Waals surface area contributed by atoms with E-state index in [0.717, 1.165) is 5.75 Å². The van der Waals surface area contributed by atoms with Gasteiger partial charge in [-0.1, -0.05) is 26.8 Å². The molecular weight excluding hydrogens is 266 g/mol. The van der Waals surface area contributed by atoms with Crippen LogP contribution >= 0.6 is 0 Å². The van der Waals surface area contributed by atoms with Crippen molar-refractivity contribution in [2.45, 2.75) is 46.1 Å². The third-order valence-electron chi connectivity index (χ3n) is 3.59. The summed E-state index contributed by atoms with van der Waals surface area (Å²) in [6.45, 7) is 11.0. The van der Waals surface area contributed by atoms with Gasteiger partial charge in [0.2, 0.25) is 0 Å². The first-order valence-electron chi connectivity index (χ1n) is 7.40. The van der Waals surface area contributed by atoms with Crippen LogP contribution in [0.25, 0.3) is 0 Å². The molecule has 4 heteroatoms. The quantitative estimate of drug-likeness (QED) is 0.785. The minimum absolute atomic E-state index is 0.230. The summed E-state index contributed by atoms with van der Waals surface area (Å²) in [7, 11) is 1.39. The maximum atomic E-state index is 11.9. The Hall–Kier alpha value is -1.55. The number of carbonyl (C=O) groups is 1. The van der Waals surface area contributed by atoms with Crippen molar-refractivity contribution in [2.24, 2.45) is 0 Å². The first-order valence-corrected chi connectivity index (χ1v) is 7.40. The molecule has 1 N–H and O–H groups in total. The van der Waals surface area contributed by atoms with Crippen molar-refractivity contribution in [3.05, 3.63) is 29.3 Å². The van der Waals surface area contributed by atoms with Crippen molar-refractivity contribution in [1.82, 2.24) is 5.32 Å². The Morgan fingerprint density at radius 2 is 2.05 bits per heavy atom. The number of ether oxygens (including phenoxy) is 2. The van der Waals surface area contributed by atoms with Gasteiger partial charge in [-0.3, -0.25) is 5.32 Å². The Balaban J connectivity index is 2.81. The van der Waals surface area contributed by atoms with Gasteiger partial charge in [0, 0.05) is 0 Å². The van der Waals surface area contributed by atoms with E-state index in [2.05, 4.69) is 32.2 Å². The largest absolute Gasteiger partial charge is 0.491 e. The predicted molar refractivity (Wildman–Crippen MR) is 84.9 cm³/mol. The van der Waals surface area contributed by atoms with Crippen LogP contribution in [0.1, 0.15) is 44.7 Å². The molecule has 0 spiro atoms. The van der Waals surface area contributed by atoms with Crippen LogP contribution in [-0.4, -0.2) is 31.8 Å². The van der Waals surface area contributed by atoms with Gasteiger partial charge in [0.15, 0.2) is 0 Å². The fraction of sp³-hybridized carbons (Fsp3) is 0.588. The molecule has 1 unspecified atom stereocenters. The molecule has 0 saturated carbocycles. The third kappa shape index (κ3) is 4.46. The SMILES string of the molecule is CCNC(C)(COc1ccc(C(C)C)c(C)c1)C(=O)OC. The Kier molecular flexibility index (Phi) is 6.21. The highest BCUT2D eigenvalue weighted by Crippen LogP contribution is 2.24. The number of aryl methyl sites for hydroxylation is 1. The molecule has 0 radical (unpaired) electrons. The van der Waals surface area contributed by atoms with Crippen molar-refractivity contribution in [2.75, 3.05) is 20.3 Å². The van der Waals surface area contributed by atoms with Gasteiger partial charge in [0.05, 0.1) is 7.11 Å². The molecule has 0 amide bonds. The molecule has 1 aromatic carbocycles. The maximum Gasteiger partial charge on any atom is 0.329 e. The first-order chi connectivity index (χ1) is 9.84. The van der Waals surface area contributed by atoms with Gasteiger partial charge in [0.1, 0.15) is 17.9 Å². The molecule has 0 fully saturated rings. The summed E-state index contributed by atoms with van der Waals surface area (Å²) in [6, 6.07) is 6.04. The Bertz CT molecular complexity index is 485. The Morgan fingerprint density at radius 1 is 1.38 bits per heavy atom. The minimum Gasteiger partial charge on any atom is -0.491 e. The number of carbonyl (C=O) groups excluding carboxylic acids is 1. The van der Waals surface area contributed by atoms with Crippen LogP contribution in [-0.2, 0) is 9.53 Å². The third-order valence-corrected chi connectivity index (χ3v) is 3.59. The number of rotatable bonds is 7. The normalized spacial score (nSPS) is 13.9. The van der Waals surface area contributed by atoms with Gasteiger partial charge in [-0.2, -0.15) is 0 Å². The van der Waals surface area contributed by atoms with Crippen LogP contribution in [0.15, 0.2) is 18.2 Å². The lowest BCUT2D eigenvalue weighted by molar-refractivity contribution is -0.149. The van der Waals surface area contributed by atoms with Crippen molar-refractivity contribution >= 4 is 5.97 Å². The topological polar surface area (TPSA) is 47.6 Å². The average Bonchev–Trinajstić information content (AvgIpc) is 2.44. The Labute approximate surface area is 127 Å². The van der Waals surface area contributed by atoms with Crippen LogP contribution < -0.4 is 10.1 Å². The lowest BCUT2D eigenvalue weighted by atomic mass is 9.98. The maximum absolute atomic E-state index is 11.9. The van der Waals surface area contributed by atoms with Gasteiger partial charge < -0.3 is 9.47 Å². The van der Waals surface area contributed by atoms with Crippen LogP contribution in [0.3, 0.4) is 0 Å². The number of nitrogens with one attached hydrogen (secondary N) is 1. The molecule has 0 heterocycles. The summed E-state index contributed by atoms with van der Waals surface area (Å²) in [5.74, 6) is 0.936. The zero-order valence-corrected chi connectivity index (χ0v) is 13.9. The molecule has 118 valence electrons. The standard InChI is InChI=1S/C17H27NO3/c1-7-18-17(5,16(19)20-6)11-21-14-8-9-15(12(2)3)13(4)10-14/h8-10,12,18H,7,11H2,1-6H3. The van der Waals surface area contributed by atoms with Crippen molar-refractivity contribution in [3.8, 4) is 5.75 Å². The molecule has 0 saturated heterocycles. The fourth-order valence-electron chi connectivity index (χ4n) is 2.41. The number of hydrogen-bond acceptors (Lipinski definition) is 4. The van der Waals surface area contributed by atoms with E-state index in [1.165, 1.54) is 18.2 Å². The van der Waals surface area contributed by atoms with Crippen molar-refractivity contribution < 1.29 is 14.3 Å². The molecule has 0 aromatic heterocycles. The fourth-order valence-corrected chi connectivity index (χ4v) is 2.41. The highest BCUT2D eigenvalue weighted by Gasteiger charge is 2.34. The number of benzene rings is 1. The minimum atomic E-state index is -0.839. The highest BCUT2D eigenvalue weighted by atomic mass is 16.5. The summed E-state index contributed by atoms with van der Waals surface area (Å²) in [5, 5.41) is 3.12. The van der Waals surface area contributed by atoms with E-state index >= 15 is 0 Å². The average molecular weight is 293 g/mol. The second-order valence-electron chi connectivity index (χ2n) is 5.82. The monoisotopic (exact) mass is 293 g/mol. The van der Waals surface area contributed by atoms with Gasteiger partial charge in [0.25, 0.3) is 0 Å². The summed E-state index contributed by atoms with van der Waals surface area (Å²) in [4.78, 5) is 11.9. The van der Waals surface area contributed by atoms with Crippen molar-refractivity contribution in [3.63, 3.8) is 0 Å². The molecular formula is C17H27NO3. The highest BCUT2D eigenvalue weighted by molar-refractivity contribution is 5.80. The molecule has 1 aromatic rings. The van der Waals surface area contributed by atoms with Gasteiger partial charge in [-0.25, -0.2) is 4.79 Å². The summed E-state index contributed by atoms with van der Waals surface area (Å²) >= 11 is 0. The summed E-state index contributed by atoms with van der Waals surface area (Å²) in [6.07, 6.45) is 0. The molecule has 21 heavy (non-hydrogen) atoms. The van der Waals surface area contributed by atoms with Crippen LogP contribution in [0.2, 0.25) is 0 Å². The molecule has 0 bridgehead atoms. The lowest BCUT2D eigenvalue weighted by Crippen LogP contribution is -2.54. The second kappa shape index (κ2) is 7.46. The van der Waals surface area contributed by atoms with E-state index in [1.54, 1.807) is 6.92 Å². The summed E-state index contributed by atoms with van der Waals surface area (Å²) in [5.41, 5.74) is 1.67. The first kappa shape index (κ1) is 17.5. The van der Waals surface area contributed by atoms with Crippen LogP contribution in [0.5, 0.6) is 5.75 Å². The molecule has 4 nitrogen and oxygen atoms in total. The predicted octanol–water partition coefficient (Wildman–Crippen LogP) is 3.04. The van der Waals surface area contributed by atoms with E-state index in [4.69, 9.17) is 9.47 Å². The number of methoxy groups -OCH3 is 1. The van der Waals surface area contributed by atoms with Crippen LogP contribution in [0.4, 0.5) is 0 Å².